The fourth-order valence-electron chi connectivity index (χ4n) is 2.97. The van der Waals surface area contributed by atoms with E-state index in [-0.39, 0.29) is 11.8 Å². The molecule has 2 amide bonds. The molecule has 1 aliphatic carbocycles. The van der Waals surface area contributed by atoms with E-state index in [4.69, 9.17) is 5.73 Å². The Morgan fingerprint density at radius 3 is 2.75 bits per heavy atom. The van der Waals surface area contributed by atoms with Crippen molar-refractivity contribution >= 4 is 23.2 Å². The van der Waals surface area contributed by atoms with Crippen LogP contribution in [0.5, 0.6) is 0 Å². The van der Waals surface area contributed by atoms with Gasteiger partial charge in [0.2, 0.25) is 11.8 Å². The number of carbonyl (C=O) groups excluding carboxylic acids is 2. The van der Waals surface area contributed by atoms with Crippen molar-refractivity contribution in [3.05, 3.63) is 23.8 Å². The van der Waals surface area contributed by atoms with E-state index >= 15 is 0 Å². The number of rotatable bonds is 2. The van der Waals surface area contributed by atoms with Crippen LogP contribution in [0.2, 0.25) is 0 Å². The van der Waals surface area contributed by atoms with Crippen molar-refractivity contribution in [2.24, 2.45) is 5.73 Å². The number of carbonyl (C=O) groups is 2. The molecule has 20 heavy (non-hydrogen) atoms. The summed E-state index contributed by atoms with van der Waals surface area (Å²) in [6, 6.07) is 5.46. The summed E-state index contributed by atoms with van der Waals surface area (Å²) in [4.78, 5) is 23.6. The maximum Gasteiger partial charge on any atom is 0.244 e. The Hall–Kier alpha value is -1.88. The summed E-state index contributed by atoms with van der Waals surface area (Å²) in [5, 5.41) is 5.67. The van der Waals surface area contributed by atoms with Gasteiger partial charge >= 0.3 is 0 Å². The lowest BCUT2D eigenvalue weighted by atomic mass is 9.82. The first kappa shape index (κ1) is 13.1. The van der Waals surface area contributed by atoms with E-state index in [0.717, 1.165) is 43.4 Å². The minimum atomic E-state index is -0.745. The number of hydrogen-bond donors (Lipinski definition) is 3. The Bertz CT molecular complexity index is 562. The van der Waals surface area contributed by atoms with Gasteiger partial charge in [-0.3, -0.25) is 9.59 Å². The van der Waals surface area contributed by atoms with Crippen LogP contribution < -0.4 is 16.4 Å². The molecule has 2 aliphatic rings. The summed E-state index contributed by atoms with van der Waals surface area (Å²) < 4.78 is 0. The molecule has 0 unspecified atom stereocenters. The Morgan fingerprint density at radius 1 is 1.25 bits per heavy atom. The summed E-state index contributed by atoms with van der Waals surface area (Å²) in [7, 11) is 0. The van der Waals surface area contributed by atoms with Crippen molar-refractivity contribution in [2.75, 3.05) is 10.6 Å². The maximum absolute atomic E-state index is 12.3. The van der Waals surface area contributed by atoms with Gasteiger partial charge < -0.3 is 16.4 Å². The molecule has 5 heteroatoms. The van der Waals surface area contributed by atoms with Crippen LogP contribution in [0, 0.1) is 0 Å². The SMILES string of the molecule is NC1(C(=O)Nc2ccc3c(c2)CC(=O)N3)CCCCC1. The molecule has 0 atom stereocenters. The second kappa shape index (κ2) is 4.90. The van der Waals surface area contributed by atoms with Gasteiger partial charge in [0.15, 0.2) is 0 Å². The van der Waals surface area contributed by atoms with Gasteiger partial charge in [-0.05, 0) is 36.6 Å². The monoisotopic (exact) mass is 273 g/mol. The Balaban J connectivity index is 1.73. The molecule has 106 valence electrons. The molecule has 0 spiro atoms. The van der Waals surface area contributed by atoms with Gasteiger partial charge in [0, 0.05) is 11.4 Å². The van der Waals surface area contributed by atoms with E-state index in [1.165, 1.54) is 0 Å². The average molecular weight is 273 g/mol. The normalized spacial score (nSPS) is 20.1. The molecule has 4 N–H and O–H groups in total. The highest BCUT2D eigenvalue weighted by Gasteiger charge is 2.35. The third-order valence-electron chi connectivity index (χ3n) is 4.19. The first-order valence-corrected chi connectivity index (χ1v) is 7.10. The van der Waals surface area contributed by atoms with Crippen molar-refractivity contribution in [1.29, 1.82) is 0 Å². The molecule has 1 aromatic rings. The van der Waals surface area contributed by atoms with Crippen LogP contribution >= 0.6 is 0 Å². The Morgan fingerprint density at radius 2 is 2.00 bits per heavy atom. The van der Waals surface area contributed by atoms with Gasteiger partial charge in [-0.2, -0.15) is 0 Å². The lowest BCUT2D eigenvalue weighted by Crippen LogP contribution is -2.52. The molecular formula is C15H19N3O2. The number of fused-ring (bicyclic) bond motifs is 1. The highest BCUT2D eigenvalue weighted by molar-refractivity contribution is 6.01. The standard InChI is InChI=1S/C15H19N3O2/c16-15(6-2-1-3-7-15)14(20)17-11-4-5-12-10(8-11)9-13(19)18-12/h4-5,8H,1-3,6-7,9,16H2,(H,17,20)(H,18,19). The molecule has 1 saturated carbocycles. The third-order valence-corrected chi connectivity index (χ3v) is 4.19. The van der Waals surface area contributed by atoms with Crippen LogP contribution in [0.4, 0.5) is 11.4 Å². The van der Waals surface area contributed by atoms with Crippen LogP contribution in [0.15, 0.2) is 18.2 Å². The first-order chi connectivity index (χ1) is 9.57. The van der Waals surface area contributed by atoms with Crippen LogP contribution in [-0.2, 0) is 16.0 Å². The Kier molecular flexibility index (Phi) is 3.22. The minimum absolute atomic E-state index is 0.00829. The third kappa shape index (κ3) is 2.41. The van der Waals surface area contributed by atoms with E-state index < -0.39 is 5.54 Å². The summed E-state index contributed by atoms with van der Waals surface area (Å²) >= 11 is 0. The van der Waals surface area contributed by atoms with Gasteiger partial charge in [-0.1, -0.05) is 19.3 Å². The zero-order valence-corrected chi connectivity index (χ0v) is 11.4. The zero-order chi connectivity index (χ0) is 14.2. The van der Waals surface area contributed by atoms with E-state index in [9.17, 15) is 9.59 Å². The fourth-order valence-corrected chi connectivity index (χ4v) is 2.97. The van der Waals surface area contributed by atoms with Gasteiger partial charge in [0.1, 0.15) is 0 Å². The molecule has 3 rings (SSSR count). The molecule has 0 bridgehead atoms. The molecular weight excluding hydrogens is 254 g/mol. The van der Waals surface area contributed by atoms with Crippen molar-refractivity contribution in [3.8, 4) is 0 Å². The Labute approximate surface area is 117 Å². The molecule has 1 fully saturated rings. The summed E-state index contributed by atoms with van der Waals surface area (Å²) in [6.07, 6.45) is 5.01. The largest absolute Gasteiger partial charge is 0.326 e. The number of benzene rings is 1. The number of nitrogens with two attached hydrogens (primary N) is 1. The first-order valence-electron chi connectivity index (χ1n) is 7.10. The number of amides is 2. The van der Waals surface area contributed by atoms with Crippen LogP contribution in [-0.4, -0.2) is 17.4 Å². The van der Waals surface area contributed by atoms with Crippen LogP contribution in [0.3, 0.4) is 0 Å². The summed E-state index contributed by atoms with van der Waals surface area (Å²) in [5.74, 6) is -0.125. The number of anilines is 2. The summed E-state index contributed by atoms with van der Waals surface area (Å²) in [6.45, 7) is 0. The minimum Gasteiger partial charge on any atom is -0.326 e. The molecule has 0 saturated heterocycles. The van der Waals surface area contributed by atoms with Crippen molar-refractivity contribution in [2.45, 2.75) is 44.1 Å². The molecule has 1 heterocycles. The van der Waals surface area contributed by atoms with E-state index in [1.54, 1.807) is 6.07 Å². The topological polar surface area (TPSA) is 84.2 Å². The number of nitrogens with one attached hydrogen (secondary N) is 2. The molecule has 0 radical (unpaired) electrons. The number of hydrogen-bond acceptors (Lipinski definition) is 3. The van der Waals surface area contributed by atoms with Crippen LogP contribution in [0.25, 0.3) is 0 Å². The van der Waals surface area contributed by atoms with Crippen molar-refractivity contribution in [3.63, 3.8) is 0 Å². The van der Waals surface area contributed by atoms with Crippen molar-refractivity contribution < 1.29 is 9.59 Å². The fraction of sp³-hybridized carbons (Fsp3) is 0.467. The molecule has 1 aromatic carbocycles. The predicted molar refractivity (Wildman–Crippen MR) is 77.4 cm³/mol. The van der Waals surface area contributed by atoms with Gasteiger partial charge in [-0.25, -0.2) is 0 Å². The molecule has 0 aromatic heterocycles. The quantitative estimate of drug-likeness (QED) is 0.768. The van der Waals surface area contributed by atoms with Gasteiger partial charge in [-0.15, -0.1) is 0 Å². The zero-order valence-electron chi connectivity index (χ0n) is 11.4. The van der Waals surface area contributed by atoms with Gasteiger partial charge in [0.05, 0.1) is 12.0 Å². The molecule has 5 nitrogen and oxygen atoms in total. The lowest BCUT2D eigenvalue weighted by Gasteiger charge is -2.31. The molecule has 1 aliphatic heterocycles. The smallest absolute Gasteiger partial charge is 0.244 e. The van der Waals surface area contributed by atoms with Crippen LogP contribution in [0.1, 0.15) is 37.7 Å². The summed E-state index contributed by atoms with van der Waals surface area (Å²) in [5.41, 5.74) is 7.92. The highest BCUT2D eigenvalue weighted by atomic mass is 16.2. The van der Waals surface area contributed by atoms with Crippen molar-refractivity contribution in [1.82, 2.24) is 0 Å². The average Bonchev–Trinajstić information content (AvgIpc) is 2.79. The maximum atomic E-state index is 12.3. The highest BCUT2D eigenvalue weighted by Crippen LogP contribution is 2.29. The predicted octanol–water partition coefficient (Wildman–Crippen LogP) is 1.78. The lowest BCUT2D eigenvalue weighted by molar-refractivity contribution is -0.122. The van der Waals surface area contributed by atoms with E-state index in [0.29, 0.717) is 12.1 Å². The second-order valence-electron chi connectivity index (χ2n) is 5.77. The van der Waals surface area contributed by atoms with Gasteiger partial charge in [0.25, 0.3) is 0 Å². The van der Waals surface area contributed by atoms with E-state index in [1.807, 2.05) is 12.1 Å². The van der Waals surface area contributed by atoms with E-state index in [2.05, 4.69) is 10.6 Å². The second-order valence-corrected chi connectivity index (χ2v) is 5.77.